The summed E-state index contributed by atoms with van der Waals surface area (Å²) in [5.74, 6) is 2.37. The molecule has 1 aliphatic rings. The van der Waals surface area contributed by atoms with Crippen molar-refractivity contribution < 1.29 is 0 Å². The van der Waals surface area contributed by atoms with Gasteiger partial charge in [0.2, 0.25) is 0 Å². The summed E-state index contributed by atoms with van der Waals surface area (Å²) < 4.78 is 3.59. The highest BCUT2D eigenvalue weighted by Gasteiger charge is 2.29. The number of hydrogen-bond acceptors (Lipinski definition) is 4. The molecule has 0 radical (unpaired) electrons. The van der Waals surface area contributed by atoms with Crippen LogP contribution in [0.1, 0.15) is 25.6 Å². The zero-order chi connectivity index (χ0) is 15.1. The Morgan fingerprint density at radius 3 is 2.86 bits per heavy atom. The van der Waals surface area contributed by atoms with Crippen LogP contribution in [-0.2, 0) is 6.54 Å². The van der Waals surface area contributed by atoms with E-state index in [-0.39, 0.29) is 0 Å². The van der Waals surface area contributed by atoms with E-state index in [2.05, 4.69) is 58.8 Å². The van der Waals surface area contributed by atoms with Crippen LogP contribution in [0, 0.1) is 5.92 Å². The summed E-state index contributed by atoms with van der Waals surface area (Å²) in [4.78, 5) is 11.6. The first-order chi connectivity index (χ1) is 10.7. The molecule has 3 aromatic rings. The van der Waals surface area contributed by atoms with Crippen LogP contribution >= 0.6 is 11.3 Å². The van der Waals surface area contributed by atoms with E-state index in [1.54, 1.807) is 11.3 Å². The van der Waals surface area contributed by atoms with Crippen LogP contribution in [0.2, 0.25) is 0 Å². The SMILES string of the molecule is CC(C)c1nccn1CC1CN(c2nc3ccccc3s2)C1. The molecule has 4 rings (SSSR count). The van der Waals surface area contributed by atoms with Gasteiger partial charge in [-0.3, -0.25) is 0 Å². The molecule has 2 aromatic heterocycles. The Hall–Kier alpha value is -1.88. The number of fused-ring (bicyclic) bond motifs is 1. The second-order valence-electron chi connectivity index (χ2n) is 6.33. The molecular formula is C17H20N4S. The molecule has 0 bridgehead atoms. The van der Waals surface area contributed by atoms with E-state index in [9.17, 15) is 0 Å². The van der Waals surface area contributed by atoms with Crippen molar-refractivity contribution >= 4 is 26.7 Å². The molecule has 0 spiro atoms. The molecule has 1 saturated heterocycles. The largest absolute Gasteiger partial charge is 0.347 e. The van der Waals surface area contributed by atoms with Gasteiger partial charge in [-0.2, -0.15) is 0 Å². The molecule has 0 aliphatic carbocycles. The van der Waals surface area contributed by atoms with Crippen LogP contribution in [0.15, 0.2) is 36.7 Å². The number of aromatic nitrogens is 3. The zero-order valence-corrected chi connectivity index (χ0v) is 13.8. The number of hydrogen-bond donors (Lipinski definition) is 0. The van der Waals surface area contributed by atoms with E-state index >= 15 is 0 Å². The Morgan fingerprint density at radius 1 is 1.27 bits per heavy atom. The number of nitrogens with zero attached hydrogens (tertiary/aromatic N) is 4. The van der Waals surface area contributed by atoms with Gasteiger partial charge in [0, 0.05) is 43.9 Å². The van der Waals surface area contributed by atoms with Gasteiger partial charge < -0.3 is 9.47 Å². The van der Waals surface area contributed by atoms with E-state index in [0.717, 1.165) is 30.3 Å². The standard InChI is InChI=1S/C17H20N4S/c1-12(2)16-18-7-8-20(16)9-13-10-21(11-13)17-19-14-5-3-4-6-15(14)22-17/h3-8,12-13H,9-11H2,1-2H3. The lowest BCUT2D eigenvalue weighted by Crippen LogP contribution is -2.48. The van der Waals surface area contributed by atoms with Crippen LogP contribution in [0.5, 0.6) is 0 Å². The fraction of sp³-hybridized carbons (Fsp3) is 0.412. The average Bonchev–Trinajstić information content (AvgIpc) is 3.08. The molecule has 0 saturated carbocycles. The lowest BCUT2D eigenvalue weighted by molar-refractivity contribution is 0.350. The maximum absolute atomic E-state index is 4.74. The number of para-hydroxylation sites is 1. The Kier molecular flexibility index (Phi) is 3.37. The zero-order valence-electron chi connectivity index (χ0n) is 12.9. The fourth-order valence-electron chi connectivity index (χ4n) is 3.09. The molecule has 5 heteroatoms. The van der Waals surface area contributed by atoms with Crippen LogP contribution < -0.4 is 4.90 Å². The van der Waals surface area contributed by atoms with Crippen LogP contribution in [-0.4, -0.2) is 27.6 Å². The summed E-state index contributed by atoms with van der Waals surface area (Å²) in [6, 6.07) is 8.37. The highest BCUT2D eigenvalue weighted by atomic mass is 32.1. The van der Waals surface area contributed by atoms with Crippen molar-refractivity contribution in [3.8, 4) is 0 Å². The van der Waals surface area contributed by atoms with Crippen molar-refractivity contribution in [2.24, 2.45) is 5.92 Å². The lowest BCUT2D eigenvalue weighted by atomic mass is 10.0. The Labute approximate surface area is 134 Å². The van der Waals surface area contributed by atoms with Gasteiger partial charge in [0.1, 0.15) is 5.82 Å². The summed E-state index contributed by atoms with van der Waals surface area (Å²) in [5, 5.41) is 1.16. The fourth-order valence-corrected chi connectivity index (χ4v) is 4.07. The van der Waals surface area contributed by atoms with Crippen molar-refractivity contribution in [2.75, 3.05) is 18.0 Å². The van der Waals surface area contributed by atoms with Crippen LogP contribution in [0.25, 0.3) is 10.2 Å². The highest BCUT2D eigenvalue weighted by molar-refractivity contribution is 7.22. The second-order valence-corrected chi connectivity index (χ2v) is 7.34. The third-order valence-electron chi connectivity index (χ3n) is 4.23. The van der Waals surface area contributed by atoms with Gasteiger partial charge in [0.15, 0.2) is 5.13 Å². The van der Waals surface area contributed by atoms with Gasteiger partial charge in [0.05, 0.1) is 10.2 Å². The molecule has 3 heterocycles. The van der Waals surface area contributed by atoms with E-state index in [1.165, 1.54) is 10.5 Å². The van der Waals surface area contributed by atoms with E-state index in [0.29, 0.717) is 11.8 Å². The van der Waals surface area contributed by atoms with Crippen molar-refractivity contribution in [3.63, 3.8) is 0 Å². The number of rotatable bonds is 4. The predicted molar refractivity (Wildman–Crippen MR) is 91.6 cm³/mol. The molecule has 0 atom stereocenters. The van der Waals surface area contributed by atoms with Gasteiger partial charge in [-0.1, -0.05) is 37.3 Å². The molecular weight excluding hydrogens is 292 g/mol. The third kappa shape index (κ3) is 2.39. The maximum Gasteiger partial charge on any atom is 0.186 e. The summed E-state index contributed by atoms with van der Waals surface area (Å²) in [6.07, 6.45) is 4.02. The van der Waals surface area contributed by atoms with Crippen molar-refractivity contribution in [1.82, 2.24) is 14.5 Å². The molecule has 0 N–H and O–H groups in total. The normalized spacial score (nSPS) is 15.7. The summed E-state index contributed by atoms with van der Waals surface area (Å²) >= 11 is 1.79. The summed E-state index contributed by atoms with van der Waals surface area (Å²) in [5.41, 5.74) is 1.11. The van der Waals surface area contributed by atoms with Crippen LogP contribution in [0.3, 0.4) is 0 Å². The van der Waals surface area contributed by atoms with E-state index < -0.39 is 0 Å². The maximum atomic E-state index is 4.74. The lowest BCUT2D eigenvalue weighted by Gasteiger charge is -2.39. The van der Waals surface area contributed by atoms with Crippen LogP contribution in [0.4, 0.5) is 5.13 Å². The molecule has 1 aromatic carbocycles. The number of anilines is 1. The van der Waals surface area contributed by atoms with Gasteiger partial charge in [0.25, 0.3) is 0 Å². The van der Waals surface area contributed by atoms with Crippen molar-refractivity contribution in [2.45, 2.75) is 26.3 Å². The van der Waals surface area contributed by atoms with Gasteiger partial charge >= 0.3 is 0 Å². The average molecular weight is 312 g/mol. The highest BCUT2D eigenvalue weighted by Crippen LogP contribution is 2.33. The number of imidazole rings is 1. The van der Waals surface area contributed by atoms with Gasteiger partial charge in [-0.05, 0) is 12.1 Å². The molecule has 22 heavy (non-hydrogen) atoms. The Bertz CT molecular complexity index is 750. The first kappa shape index (κ1) is 13.8. The molecule has 0 unspecified atom stereocenters. The molecule has 1 fully saturated rings. The summed E-state index contributed by atoms with van der Waals surface area (Å²) in [6.45, 7) is 7.65. The Balaban J connectivity index is 1.42. The molecule has 1 aliphatic heterocycles. The van der Waals surface area contributed by atoms with E-state index in [4.69, 9.17) is 4.98 Å². The minimum absolute atomic E-state index is 0.482. The van der Waals surface area contributed by atoms with Crippen molar-refractivity contribution in [3.05, 3.63) is 42.5 Å². The number of thiazole rings is 1. The molecule has 114 valence electrons. The topological polar surface area (TPSA) is 34.0 Å². The Morgan fingerprint density at radius 2 is 2.09 bits per heavy atom. The monoisotopic (exact) mass is 312 g/mol. The third-order valence-corrected chi connectivity index (χ3v) is 5.33. The van der Waals surface area contributed by atoms with Crippen molar-refractivity contribution in [1.29, 1.82) is 0 Å². The minimum atomic E-state index is 0.482. The molecule has 0 amide bonds. The first-order valence-corrected chi connectivity index (χ1v) is 8.64. The molecule has 4 nitrogen and oxygen atoms in total. The van der Waals surface area contributed by atoms with E-state index in [1.807, 2.05) is 6.20 Å². The van der Waals surface area contributed by atoms with Gasteiger partial charge in [-0.25, -0.2) is 9.97 Å². The predicted octanol–water partition coefficient (Wildman–Crippen LogP) is 3.75. The smallest absolute Gasteiger partial charge is 0.186 e. The quantitative estimate of drug-likeness (QED) is 0.736. The minimum Gasteiger partial charge on any atom is -0.347 e. The summed E-state index contributed by atoms with van der Waals surface area (Å²) in [7, 11) is 0. The number of benzene rings is 1. The first-order valence-electron chi connectivity index (χ1n) is 7.82. The second kappa shape index (κ2) is 5.39. The van der Waals surface area contributed by atoms with Gasteiger partial charge in [-0.15, -0.1) is 0 Å².